The van der Waals surface area contributed by atoms with Gasteiger partial charge in [-0.05, 0) is 37.8 Å². The zero-order chi connectivity index (χ0) is 16.4. The van der Waals surface area contributed by atoms with Crippen LogP contribution in [0.1, 0.15) is 0 Å². The fourth-order valence-electron chi connectivity index (χ4n) is 2.81. The van der Waals surface area contributed by atoms with Crippen molar-refractivity contribution in [3.8, 4) is 20.9 Å². The normalized spacial score (nSPS) is 11.4. The van der Waals surface area contributed by atoms with Crippen LogP contribution in [-0.4, -0.2) is 26.7 Å². The molecule has 0 bridgehead atoms. The summed E-state index contributed by atoms with van der Waals surface area (Å²) in [5.41, 5.74) is 2.73. The van der Waals surface area contributed by atoms with Crippen LogP contribution in [0, 0.1) is 0 Å². The molecular formula is C20H22P2S. The molecular weight excluding hydrogens is 334 g/mol. The first-order chi connectivity index (χ1) is 11.1. The van der Waals surface area contributed by atoms with Gasteiger partial charge < -0.3 is 0 Å². The maximum atomic E-state index is 2.39. The average molecular weight is 356 g/mol. The van der Waals surface area contributed by atoms with Gasteiger partial charge in [0.2, 0.25) is 0 Å². The molecule has 118 valence electrons. The first-order valence-electron chi connectivity index (χ1n) is 7.72. The lowest BCUT2D eigenvalue weighted by atomic mass is 10.1. The Morgan fingerprint density at radius 2 is 0.913 bits per heavy atom. The fraction of sp³-hybridized carbons (Fsp3) is 0.200. The number of thiophene rings is 1. The summed E-state index contributed by atoms with van der Waals surface area (Å²) in [6.45, 7) is 9.56. The molecule has 0 nitrogen and oxygen atoms in total. The lowest BCUT2D eigenvalue weighted by Crippen LogP contribution is -2.20. The molecule has 0 atom stereocenters. The van der Waals surface area contributed by atoms with Crippen LogP contribution >= 0.6 is 27.2 Å². The lowest BCUT2D eigenvalue weighted by molar-refractivity contribution is 1.71. The van der Waals surface area contributed by atoms with Crippen LogP contribution in [0.4, 0.5) is 0 Å². The smallest absolute Gasteiger partial charge is 0.0432 e. The molecule has 3 aromatic rings. The molecule has 0 fully saturated rings. The average Bonchev–Trinajstić information content (AvgIpc) is 2.97. The summed E-state index contributed by atoms with van der Waals surface area (Å²) in [6, 6.07) is 21.8. The molecule has 0 aliphatic heterocycles. The maximum Gasteiger partial charge on any atom is 0.0432 e. The molecule has 0 saturated heterocycles. The number of benzene rings is 2. The molecule has 0 aliphatic rings. The van der Waals surface area contributed by atoms with Gasteiger partial charge in [0, 0.05) is 20.4 Å². The van der Waals surface area contributed by atoms with Crippen LogP contribution in [-0.2, 0) is 0 Å². The van der Waals surface area contributed by atoms with E-state index in [2.05, 4.69) is 87.3 Å². The Morgan fingerprint density at radius 3 is 1.22 bits per heavy atom. The van der Waals surface area contributed by atoms with E-state index in [0.717, 1.165) is 0 Å². The quantitative estimate of drug-likeness (QED) is 0.517. The monoisotopic (exact) mass is 356 g/mol. The molecule has 0 spiro atoms. The highest BCUT2D eigenvalue weighted by Crippen LogP contribution is 2.44. The fourth-order valence-corrected chi connectivity index (χ4v) is 8.79. The third-order valence-electron chi connectivity index (χ3n) is 3.82. The van der Waals surface area contributed by atoms with Crippen molar-refractivity contribution >= 4 is 37.8 Å². The van der Waals surface area contributed by atoms with Gasteiger partial charge in [0.1, 0.15) is 0 Å². The van der Waals surface area contributed by atoms with Gasteiger partial charge in [0.15, 0.2) is 0 Å². The van der Waals surface area contributed by atoms with E-state index in [4.69, 9.17) is 0 Å². The van der Waals surface area contributed by atoms with Gasteiger partial charge in [-0.25, -0.2) is 0 Å². The van der Waals surface area contributed by atoms with Crippen LogP contribution in [0.3, 0.4) is 0 Å². The van der Waals surface area contributed by atoms with E-state index in [-0.39, 0.29) is 15.8 Å². The number of rotatable bonds is 4. The summed E-state index contributed by atoms with van der Waals surface area (Å²) in [7, 11) is -0.272. The van der Waals surface area contributed by atoms with Crippen LogP contribution < -0.4 is 10.6 Å². The molecule has 0 N–H and O–H groups in total. The lowest BCUT2D eigenvalue weighted by Gasteiger charge is -2.16. The van der Waals surface area contributed by atoms with Crippen molar-refractivity contribution in [2.45, 2.75) is 0 Å². The molecule has 0 unspecified atom stereocenters. The largest absolute Gasteiger partial charge is 0.134 e. The summed E-state index contributed by atoms with van der Waals surface area (Å²) in [5, 5.41) is 3.23. The molecule has 3 heteroatoms. The zero-order valence-corrected chi connectivity index (χ0v) is 16.7. The first kappa shape index (κ1) is 16.8. The Bertz CT molecular complexity index is 708. The second kappa shape index (κ2) is 7.27. The topological polar surface area (TPSA) is 0 Å². The van der Waals surface area contributed by atoms with Gasteiger partial charge in [-0.2, -0.15) is 0 Å². The molecule has 2 aromatic carbocycles. The standard InChI is InChI=1S/C20H22P2S/c1-21(2)17-18(22(3)4)20(16-13-9-6-10-14-16)23-19(17)15-11-7-5-8-12-15/h5-14H,1-4H3. The van der Waals surface area contributed by atoms with E-state index in [0.29, 0.717) is 0 Å². The van der Waals surface area contributed by atoms with Crippen molar-refractivity contribution in [3.63, 3.8) is 0 Å². The van der Waals surface area contributed by atoms with Crippen molar-refractivity contribution in [2.75, 3.05) is 26.7 Å². The molecule has 3 rings (SSSR count). The van der Waals surface area contributed by atoms with Crippen molar-refractivity contribution in [1.82, 2.24) is 0 Å². The van der Waals surface area contributed by atoms with E-state index in [9.17, 15) is 0 Å². The van der Waals surface area contributed by atoms with E-state index >= 15 is 0 Å². The highest BCUT2D eigenvalue weighted by atomic mass is 32.1. The van der Waals surface area contributed by atoms with Crippen molar-refractivity contribution in [3.05, 3.63) is 60.7 Å². The van der Waals surface area contributed by atoms with Crippen molar-refractivity contribution in [2.24, 2.45) is 0 Å². The first-order valence-corrected chi connectivity index (χ1v) is 13.0. The maximum absolute atomic E-state index is 2.39. The second-order valence-electron chi connectivity index (χ2n) is 5.98. The summed E-state index contributed by atoms with van der Waals surface area (Å²) in [6.07, 6.45) is 0. The predicted octanol–water partition coefficient (Wildman–Crippen LogP) is 5.82. The van der Waals surface area contributed by atoms with E-state index < -0.39 is 0 Å². The molecule has 1 heterocycles. The second-order valence-corrected chi connectivity index (χ2v) is 11.5. The summed E-state index contributed by atoms with van der Waals surface area (Å²) >= 11 is 1.98. The molecule has 1 aromatic heterocycles. The zero-order valence-electron chi connectivity index (χ0n) is 14.1. The molecule has 23 heavy (non-hydrogen) atoms. The minimum atomic E-state index is -0.136. The molecule has 0 radical (unpaired) electrons. The third-order valence-corrected chi connectivity index (χ3v) is 8.28. The van der Waals surface area contributed by atoms with Crippen molar-refractivity contribution < 1.29 is 0 Å². The Labute approximate surface area is 146 Å². The van der Waals surface area contributed by atoms with Crippen molar-refractivity contribution in [1.29, 1.82) is 0 Å². The summed E-state index contributed by atoms with van der Waals surface area (Å²) in [5.74, 6) is 0. The molecule has 0 amide bonds. The minimum Gasteiger partial charge on any atom is -0.134 e. The molecule has 0 saturated carbocycles. The number of hydrogen-bond donors (Lipinski definition) is 0. The summed E-state index contributed by atoms with van der Waals surface area (Å²) in [4.78, 5) is 2.96. The highest BCUT2D eigenvalue weighted by molar-refractivity contribution is 7.72. The van der Waals surface area contributed by atoms with E-state index in [1.54, 1.807) is 10.6 Å². The number of hydrogen-bond acceptors (Lipinski definition) is 1. The van der Waals surface area contributed by atoms with Gasteiger partial charge in [-0.1, -0.05) is 76.5 Å². The van der Waals surface area contributed by atoms with Gasteiger partial charge in [-0.15, -0.1) is 11.3 Å². The minimum absolute atomic E-state index is 0.136. The van der Waals surface area contributed by atoms with Crippen LogP contribution in [0.5, 0.6) is 0 Å². The van der Waals surface area contributed by atoms with Gasteiger partial charge >= 0.3 is 0 Å². The van der Waals surface area contributed by atoms with Crippen LogP contribution in [0.25, 0.3) is 20.9 Å². The van der Waals surface area contributed by atoms with E-state index in [1.165, 1.54) is 20.9 Å². The highest BCUT2D eigenvalue weighted by Gasteiger charge is 2.23. The predicted molar refractivity (Wildman–Crippen MR) is 112 cm³/mol. The Kier molecular flexibility index (Phi) is 5.32. The van der Waals surface area contributed by atoms with E-state index in [1.807, 2.05) is 11.3 Å². The Morgan fingerprint density at radius 1 is 0.565 bits per heavy atom. The van der Waals surface area contributed by atoms with Gasteiger partial charge in [0.05, 0.1) is 0 Å². The Hall–Kier alpha value is -1.000. The van der Waals surface area contributed by atoms with Crippen LogP contribution in [0.2, 0.25) is 0 Å². The van der Waals surface area contributed by atoms with Gasteiger partial charge in [0.25, 0.3) is 0 Å². The van der Waals surface area contributed by atoms with Crippen LogP contribution in [0.15, 0.2) is 60.7 Å². The summed E-state index contributed by atoms with van der Waals surface area (Å²) < 4.78 is 0. The SMILES string of the molecule is CP(C)c1c(-c2ccccc2)sc(-c2ccccc2)c1P(C)C. The molecule has 0 aliphatic carbocycles. The Balaban J connectivity index is 2.29. The van der Waals surface area contributed by atoms with Gasteiger partial charge in [-0.3, -0.25) is 0 Å². The third kappa shape index (κ3) is 3.43.